The van der Waals surface area contributed by atoms with Crippen LogP contribution in [0.3, 0.4) is 0 Å². The van der Waals surface area contributed by atoms with Crippen molar-refractivity contribution in [1.82, 2.24) is 5.32 Å². The van der Waals surface area contributed by atoms with E-state index in [0.29, 0.717) is 16.3 Å². The Morgan fingerprint density at radius 3 is 2.38 bits per heavy atom. The molecule has 0 aliphatic rings. The second-order valence-corrected chi connectivity index (χ2v) is 6.34. The number of hydrogen-bond acceptors (Lipinski definition) is 3. The molecule has 122 valence electrons. The maximum atomic E-state index is 12.6. The summed E-state index contributed by atoms with van der Waals surface area (Å²) in [6, 6.07) is 14.7. The molecular weight excluding hydrogens is 322 g/mol. The van der Waals surface area contributed by atoms with Crippen molar-refractivity contribution >= 4 is 44.7 Å². The normalized spacial score (nSPS) is 10.4. The molecule has 0 atom stereocenters. The molecule has 0 spiro atoms. The predicted molar refractivity (Wildman–Crippen MR) is 99.0 cm³/mol. The third kappa shape index (κ3) is 3.23. The van der Waals surface area contributed by atoms with Crippen molar-refractivity contribution in [3.63, 3.8) is 0 Å². The smallest absolute Gasteiger partial charge is 0.318 e. The summed E-state index contributed by atoms with van der Waals surface area (Å²) >= 11 is 1.48. The average Bonchev–Trinajstić information content (AvgIpc) is 2.92. The van der Waals surface area contributed by atoms with Gasteiger partial charge in [-0.05, 0) is 42.1 Å². The zero-order valence-corrected chi connectivity index (χ0v) is 14.2. The first kappa shape index (κ1) is 16.0. The molecule has 0 aliphatic carbocycles. The number of amides is 3. The van der Waals surface area contributed by atoms with Gasteiger partial charge in [-0.1, -0.05) is 24.3 Å². The van der Waals surface area contributed by atoms with Gasteiger partial charge in [0.05, 0.1) is 4.88 Å². The molecule has 0 unspecified atom stereocenters. The van der Waals surface area contributed by atoms with Crippen LogP contribution in [0.5, 0.6) is 0 Å². The molecule has 3 rings (SSSR count). The van der Waals surface area contributed by atoms with E-state index in [4.69, 9.17) is 0 Å². The van der Waals surface area contributed by atoms with Crippen LogP contribution in [-0.4, -0.2) is 19.0 Å². The molecule has 6 heteroatoms. The lowest BCUT2D eigenvalue weighted by atomic mass is 10.1. The lowest BCUT2D eigenvalue weighted by Gasteiger charge is -2.08. The molecule has 0 saturated heterocycles. The number of aryl methyl sites for hydroxylation is 1. The lowest BCUT2D eigenvalue weighted by Crippen LogP contribution is -2.24. The van der Waals surface area contributed by atoms with Crippen LogP contribution >= 0.6 is 11.3 Å². The molecule has 24 heavy (non-hydrogen) atoms. The fourth-order valence-electron chi connectivity index (χ4n) is 2.45. The summed E-state index contributed by atoms with van der Waals surface area (Å²) < 4.78 is 1.09. The number of carbonyl (C=O) groups is 2. The molecule has 3 aromatic rings. The Kier molecular flexibility index (Phi) is 4.48. The topological polar surface area (TPSA) is 70.2 Å². The molecular formula is C18H17N3O2S. The highest BCUT2D eigenvalue weighted by molar-refractivity contribution is 7.21. The summed E-state index contributed by atoms with van der Waals surface area (Å²) in [6.45, 7) is 1.96. The van der Waals surface area contributed by atoms with E-state index >= 15 is 0 Å². The molecule has 3 amide bonds. The molecule has 0 fully saturated rings. The number of fused-ring (bicyclic) bond motifs is 1. The first-order chi connectivity index (χ1) is 11.6. The van der Waals surface area contributed by atoms with Crippen molar-refractivity contribution in [3.05, 3.63) is 59.0 Å². The molecule has 3 N–H and O–H groups in total. The second-order valence-electron chi connectivity index (χ2n) is 5.29. The first-order valence-electron chi connectivity index (χ1n) is 7.47. The summed E-state index contributed by atoms with van der Waals surface area (Å²) in [7, 11) is 1.55. The van der Waals surface area contributed by atoms with Crippen LogP contribution in [0.4, 0.5) is 16.2 Å². The number of thiophene rings is 1. The molecule has 2 aromatic carbocycles. The van der Waals surface area contributed by atoms with Gasteiger partial charge in [-0.2, -0.15) is 0 Å². The summed E-state index contributed by atoms with van der Waals surface area (Å²) in [5.74, 6) is -0.147. The SMILES string of the molecule is CNC(=O)Nc1cccc(NC(=O)c2sc3ccccc3c2C)c1. The zero-order chi connectivity index (χ0) is 17.1. The molecule has 1 heterocycles. The highest BCUT2D eigenvalue weighted by Crippen LogP contribution is 2.31. The van der Waals surface area contributed by atoms with Gasteiger partial charge in [-0.3, -0.25) is 4.79 Å². The Balaban J connectivity index is 1.82. The Hall–Kier alpha value is -2.86. The van der Waals surface area contributed by atoms with Crippen molar-refractivity contribution in [2.24, 2.45) is 0 Å². The minimum atomic E-state index is -0.307. The highest BCUT2D eigenvalue weighted by Gasteiger charge is 2.15. The lowest BCUT2D eigenvalue weighted by molar-refractivity contribution is 0.103. The monoisotopic (exact) mass is 339 g/mol. The summed E-state index contributed by atoms with van der Waals surface area (Å²) in [5.41, 5.74) is 2.22. The summed E-state index contributed by atoms with van der Waals surface area (Å²) in [6.07, 6.45) is 0. The Labute approximate surface area is 143 Å². The predicted octanol–water partition coefficient (Wildman–Crippen LogP) is 4.21. The van der Waals surface area contributed by atoms with Crippen LogP contribution in [0.25, 0.3) is 10.1 Å². The minimum Gasteiger partial charge on any atom is -0.341 e. The molecule has 0 bridgehead atoms. The van der Waals surface area contributed by atoms with Crippen molar-refractivity contribution in [2.75, 3.05) is 17.7 Å². The van der Waals surface area contributed by atoms with Crippen molar-refractivity contribution in [2.45, 2.75) is 6.92 Å². The van der Waals surface area contributed by atoms with E-state index in [1.54, 1.807) is 31.3 Å². The maximum absolute atomic E-state index is 12.6. The maximum Gasteiger partial charge on any atom is 0.318 e. The van der Waals surface area contributed by atoms with Gasteiger partial charge in [0, 0.05) is 23.1 Å². The largest absolute Gasteiger partial charge is 0.341 e. The number of hydrogen-bond donors (Lipinski definition) is 3. The third-order valence-corrected chi connectivity index (χ3v) is 4.93. The second kappa shape index (κ2) is 6.72. The van der Waals surface area contributed by atoms with Crippen LogP contribution in [0, 0.1) is 6.92 Å². The summed E-state index contributed by atoms with van der Waals surface area (Å²) in [4.78, 5) is 24.7. The number of carbonyl (C=O) groups excluding carboxylic acids is 2. The fraction of sp³-hybridized carbons (Fsp3) is 0.111. The summed E-state index contributed by atoms with van der Waals surface area (Å²) in [5, 5.41) is 9.16. The Morgan fingerprint density at radius 2 is 1.67 bits per heavy atom. The average molecular weight is 339 g/mol. The van der Waals surface area contributed by atoms with Gasteiger partial charge in [-0.15, -0.1) is 11.3 Å². The number of nitrogens with one attached hydrogen (secondary N) is 3. The van der Waals surface area contributed by atoms with Gasteiger partial charge in [0.2, 0.25) is 0 Å². The first-order valence-corrected chi connectivity index (χ1v) is 8.28. The van der Waals surface area contributed by atoms with E-state index in [2.05, 4.69) is 16.0 Å². The molecule has 0 saturated carbocycles. The van der Waals surface area contributed by atoms with Gasteiger partial charge in [-0.25, -0.2) is 4.79 Å². The van der Waals surface area contributed by atoms with Gasteiger partial charge in [0.25, 0.3) is 5.91 Å². The number of benzene rings is 2. The quantitative estimate of drug-likeness (QED) is 0.669. The van der Waals surface area contributed by atoms with Crippen LogP contribution in [0.2, 0.25) is 0 Å². The van der Waals surface area contributed by atoms with Crippen LogP contribution in [-0.2, 0) is 0 Å². The van der Waals surface area contributed by atoms with E-state index in [1.807, 2.05) is 31.2 Å². The van der Waals surface area contributed by atoms with Crippen molar-refractivity contribution < 1.29 is 9.59 Å². The van der Waals surface area contributed by atoms with Crippen molar-refractivity contribution in [1.29, 1.82) is 0 Å². The van der Waals surface area contributed by atoms with Crippen LogP contribution in [0.15, 0.2) is 48.5 Å². The number of rotatable bonds is 3. The van der Waals surface area contributed by atoms with E-state index in [9.17, 15) is 9.59 Å². The van der Waals surface area contributed by atoms with E-state index in [0.717, 1.165) is 15.6 Å². The van der Waals surface area contributed by atoms with E-state index in [1.165, 1.54) is 11.3 Å². The van der Waals surface area contributed by atoms with Crippen LogP contribution in [0.1, 0.15) is 15.2 Å². The third-order valence-electron chi connectivity index (χ3n) is 3.66. The van der Waals surface area contributed by atoms with Gasteiger partial charge in [0.15, 0.2) is 0 Å². The van der Waals surface area contributed by atoms with E-state index < -0.39 is 0 Å². The molecule has 0 radical (unpaired) electrons. The van der Waals surface area contributed by atoms with E-state index in [-0.39, 0.29) is 11.9 Å². The zero-order valence-electron chi connectivity index (χ0n) is 13.3. The molecule has 0 aliphatic heterocycles. The van der Waals surface area contributed by atoms with Gasteiger partial charge >= 0.3 is 6.03 Å². The highest BCUT2D eigenvalue weighted by atomic mass is 32.1. The molecule has 5 nitrogen and oxygen atoms in total. The van der Waals surface area contributed by atoms with Gasteiger partial charge < -0.3 is 16.0 Å². The van der Waals surface area contributed by atoms with Crippen LogP contribution < -0.4 is 16.0 Å². The van der Waals surface area contributed by atoms with Gasteiger partial charge in [0.1, 0.15) is 0 Å². The number of anilines is 2. The number of urea groups is 1. The fourth-order valence-corrected chi connectivity index (χ4v) is 3.55. The molecule has 1 aromatic heterocycles. The Bertz CT molecular complexity index is 918. The Morgan fingerprint density at radius 1 is 0.958 bits per heavy atom. The minimum absolute atomic E-state index is 0.147. The standard InChI is InChI=1S/C18H17N3O2S/c1-11-14-8-3-4-9-15(14)24-16(11)17(22)20-12-6-5-7-13(10-12)21-18(23)19-2/h3-10H,1-2H3,(H,20,22)(H2,19,21,23). The van der Waals surface area contributed by atoms with Crippen molar-refractivity contribution in [3.8, 4) is 0 Å².